The molecule has 0 spiro atoms. The Hall–Kier alpha value is -2.11. The number of aromatic carboxylic acids is 1. The first-order valence-electron chi connectivity index (χ1n) is 4.90. The number of carbonyl (C=O) groups is 1. The van der Waals surface area contributed by atoms with Crippen molar-refractivity contribution in [1.82, 2.24) is 20.0 Å². The molecule has 2 aromatic rings. The topological polar surface area (TPSA) is 83.8 Å². The fourth-order valence-electron chi connectivity index (χ4n) is 1.42. The van der Waals surface area contributed by atoms with Crippen molar-refractivity contribution in [3.63, 3.8) is 0 Å². The van der Waals surface area contributed by atoms with Gasteiger partial charge in [-0.15, -0.1) is 0 Å². The van der Waals surface area contributed by atoms with E-state index in [1.807, 2.05) is 13.8 Å². The molecule has 2 rings (SSSR count). The quantitative estimate of drug-likeness (QED) is 0.822. The van der Waals surface area contributed by atoms with E-state index in [-0.39, 0.29) is 11.6 Å². The van der Waals surface area contributed by atoms with Crippen LogP contribution in [0.25, 0.3) is 11.3 Å². The van der Waals surface area contributed by atoms with Crippen molar-refractivity contribution in [1.29, 1.82) is 0 Å². The van der Waals surface area contributed by atoms with Gasteiger partial charge in [-0.3, -0.25) is 9.78 Å². The van der Waals surface area contributed by atoms with E-state index in [1.165, 1.54) is 6.20 Å². The average molecular weight is 220 g/mol. The molecule has 6 nitrogen and oxygen atoms in total. The first-order chi connectivity index (χ1) is 7.59. The van der Waals surface area contributed by atoms with Gasteiger partial charge in [0.25, 0.3) is 0 Å². The van der Waals surface area contributed by atoms with Gasteiger partial charge >= 0.3 is 5.97 Å². The molecule has 84 valence electrons. The van der Waals surface area contributed by atoms with Crippen LogP contribution in [0.15, 0.2) is 18.6 Å². The zero-order valence-electron chi connectivity index (χ0n) is 9.01. The first kappa shape index (κ1) is 10.4. The second-order valence-electron chi connectivity index (χ2n) is 3.77. The fourth-order valence-corrected chi connectivity index (χ4v) is 1.42. The lowest BCUT2D eigenvalue weighted by Gasteiger charge is -2.02. The van der Waals surface area contributed by atoms with E-state index in [2.05, 4.69) is 15.3 Å². The smallest absolute Gasteiger partial charge is 0.339 e. The maximum Gasteiger partial charge on any atom is 0.339 e. The molecule has 0 aliphatic heterocycles. The number of carboxylic acids is 1. The van der Waals surface area contributed by atoms with Gasteiger partial charge in [-0.2, -0.15) is 10.2 Å². The van der Waals surface area contributed by atoms with Crippen molar-refractivity contribution in [2.45, 2.75) is 19.9 Å². The second-order valence-corrected chi connectivity index (χ2v) is 3.77. The van der Waals surface area contributed by atoms with Crippen molar-refractivity contribution in [2.75, 3.05) is 0 Å². The summed E-state index contributed by atoms with van der Waals surface area (Å²) < 4.78 is 1.77. The van der Waals surface area contributed by atoms with Gasteiger partial charge in [-0.25, -0.2) is 4.79 Å². The first-order valence-corrected chi connectivity index (χ1v) is 4.90. The highest BCUT2D eigenvalue weighted by atomic mass is 16.4. The molecule has 2 N–H and O–H groups in total. The van der Waals surface area contributed by atoms with Crippen LogP contribution < -0.4 is 0 Å². The summed E-state index contributed by atoms with van der Waals surface area (Å²) >= 11 is 0. The van der Waals surface area contributed by atoms with Crippen LogP contribution in [-0.4, -0.2) is 31.1 Å². The summed E-state index contributed by atoms with van der Waals surface area (Å²) in [5.74, 6) is -0.999. The van der Waals surface area contributed by atoms with Crippen LogP contribution >= 0.6 is 0 Å². The Balaban J connectivity index is 2.42. The molecule has 6 heteroatoms. The molecule has 0 fully saturated rings. The average Bonchev–Trinajstić information content (AvgIpc) is 2.86. The molecular formula is C10H12N4O2. The van der Waals surface area contributed by atoms with E-state index >= 15 is 0 Å². The number of hydrogen-bond acceptors (Lipinski definition) is 3. The Morgan fingerprint density at radius 3 is 2.81 bits per heavy atom. The molecule has 16 heavy (non-hydrogen) atoms. The summed E-state index contributed by atoms with van der Waals surface area (Å²) in [6.07, 6.45) is 4.72. The third-order valence-electron chi connectivity index (χ3n) is 2.29. The Labute approximate surface area is 91.9 Å². The van der Waals surface area contributed by atoms with Crippen molar-refractivity contribution < 1.29 is 9.90 Å². The van der Waals surface area contributed by atoms with E-state index in [0.29, 0.717) is 5.69 Å². The van der Waals surface area contributed by atoms with Gasteiger partial charge < -0.3 is 5.11 Å². The van der Waals surface area contributed by atoms with Gasteiger partial charge in [-0.1, -0.05) is 0 Å². The number of aromatic nitrogens is 4. The zero-order chi connectivity index (χ0) is 11.7. The molecule has 0 aliphatic rings. The molecule has 0 saturated carbocycles. The summed E-state index contributed by atoms with van der Waals surface area (Å²) in [6, 6.07) is 0.241. The largest absolute Gasteiger partial charge is 0.478 e. The summed E-state index contributed by atoms with van der Waals surface area (Å²) in [6.45, 7) is 4.00. The van der Waals surface area contributed by atoms with E-state index in [1.54, 1.807) is 17.1 Å². The lowest BCUT2D eigenvalue weighted by molar-refractivity contribution is 0.0698. The molecule has 2 aromatic heterocycles. The lowest BCUT2D eigenvalue weighted by Crippen LogP contribution is -2.00. The maximum absolute atomic E-state index is 10.9. The number of nitrogens with one attached hydrogen (secondary N) is 1. The van der Waals surface area contributed by atoms with Crippen LogP contribution in [0.1, 0.15) is 30.2 Å². The SMILES string of the molecule is CC(C)n1cc(-c2[nH]ncc2C(=O)O)cn1. The van der Waals surface area contributed by atoms with Gasteiger partial charge in [0.15, 0.2) is 0 Å². The summed E-state index contributed by atoms with van der Waals surface area (Å²) in [7, 11) is 0. The zero-order valence-corrected chi connectivity index (χ0v) is 9.01. The minimum Gasteiger partial charge on any atom is -0.478 e. The van der Waals surface area contributed by atoms with Gasteiger partial charge in [0, 0.05) is 17.8 Å². The summed E-state index contributed by atoms with van der Waals surface area (Å²) in [5, 5.41) is 19.5. The second kappa shape index (κ2) is 3.80. The molecule has 0 bridgehead atoms. The van der Waals surface area contributed by atoms with E-state index in [0.717, 1.165) is 5.56 Å². The third-order valence-corrected chi connectivity index (χ3v) is 2.29. The normalized spacial score (nSPS) is 10.9. The highest BCUT2D eigenvalue weighted by molar-refractivity contribution is 5.94. The molecular weight excluding hydrogens is 208 g/mol. The van der Waals surface area contributed by atoms with Crippen molar-refractivity contribution in [2.24, 2.45) is 0 Å². The van der Waals surface area contributed by atoms with E-state index in [4.69, 9.17) is 5.11 Å². The van der Waals surface area contributed by atoms with E-state index in [9.17, 15) is 4.79 Å². The van der Waals surface area contributed by atoms with Crippen molar-refractivity contribution in [3.8, 4) is 11.3 Å². The predicted molar refractivity (Wildman–Crippen MR) is 57.2 cm³/mol. The van der Waals surface area contributed by atoms with Crippen LogP contribution in [0.4, 0.5) is 0 Å². The van der Waals surface area contributed by atoms with Gasteiger partial charge in [0.05, 0.1) is 18.1 Å². The van der Waals surface area contributed by atoms with Crippen LogP contribution in [0.2, 0.25) is 0 Å². The molecule has 0 amide bonds. The molecule has 0 saturated heterocycles. The number of H-pyrrole nitrogens is 1. The Morgan fingerprint density at radius 1 is 1.50 bits per heavy atom. The molecule has 0 aliphatic carbocycles. The Bertz CT molecular complexity index is 512. The molecule has 0 aromatic carbocycles. The molecule has 2 heterocycles. The Kier molecular flexibility index (Phi) is 2.47. The predicted octanol–water partition coefficient (Wildman–Crippen LogP) is 1.55. The van der Waals surface area contributed by atoms with Crippen LogP contribution in [0, 0.1) is 0 Å². The van der Waals surface area contributed by atoms with Gasteiger partial charge in [0.2, 0.25) is 0 Å². The fraction of sp³-hybridized carbons (Fsp3) is 0.300. The van der Waals surface area contributed by atoms with Crippen LogP contribution in [-0.2, 0) is 0 Å². The van der Waals surface area contributed by atoms with Crippen molar-refractivity contribution >= 4 is 5.97 Å². The number of rotatable bonds is 3. The van der Waals surface area contributed by atoms with Gasteiger partial charge in [0.1, 0.15) is 5.56 Å². The number of nitrogens with zero attached hydrogens (tertiary/aromatic N) is 3. The number of aromatic amines is 1. The standard InChI is InChI=1S/C10H12N4O2/c1-6(2)14-5-7(3-12-14)9-8(10(15)16)4-11-13-9/h3-6H,1-2H3,(H,11,13)(H,15,16). The summed E-state index contributed by atoms with van der Waals surface area (Å²) in [5.41, 5.74) is 1.37. The maximum atomic E-state index is 10.9. The van der Waals surface area contributed by atoms with Crippen LogP contribution in [0.5, 0.6) is 0 Å². The number of hydrogen-bond donors (Lipinski definition) is 2. The minimum absolute atomic E-state index is 0.156. The van der Waals surface area contributed by atoms with E-state index < -0.39 is 5.97 Å². The van der Waals surface area contributed by atoms with Crippen LogP contribution in [0.3, 0.4) is 0 Å². The minimum atomic E-state index is -0.999. The lowest BCUT2D eigenvalue weighted by atomic mass is 10.1. The number of carboxylic acid groups (broad SMARTS) is 1. The Morgan fingerprint density at radius 2 is 2.25 bits per heavy atom. The van der Waals surface area contributed by atoms with Gasteiger partial charge in [-0.05, 0) is 13.8 Å². The highest BCUT2D eigenvalue weighted by Gasteiger charge is 2.15. The molecule has 0 atom stereocenters. The van der Waals surface area contributed by atoms with Crippen molar-refractivity contribution in [3.05, 3.63) is 24.2 Å². The monoisotopic (exact) mass is 220 g/mol. The summed E-state index contributed by atoms with van der Waals surface area (Å²) in [4.78, 5) is 10.9. The third kappa shape index (κ3) is 1.69. The highest BCUT2D eigenvalue weighted by Crippen LogP contribution is 2.21. The molecule has 0 unspecified atom stereocenters. The molecule has 0 radical (unpaired) electrons.